The molecule has 0 aliphatic carbocycles. The molecule has 0 saturated heterocycles. The third kappa shape index (κ3) is 2.38. The number of esters is 1. The first kappa shape index (κ1) is 12.6. The van der Waals surface area contributed by atoms with Crippen LogP contribution in [0.25, 0.3) is 0 Å². The number of ether oxygens (including phenoxy) is 1. The zero-order valence-electron chi connectivity index (χ0n) is 8.25. The summed E-state index contributed by atoms with van der Waals surface area (Å²) in [5, 5.41) is 11.0. The van der Waals surface area contributed by atoms with Gasteiger partial charge < -0.3 is 9.94 Å². The summed E-state index contributed by atoms with van der Waals surface area (Å²) in [5.41, 5.74) is -1.06. The molecule has 0 N–H and O–H groups in total. The predicted molar refractivity (Wildman–Crippen MR) is 50.9 cm³/mol. The Hall–Kier alpha value is -1.43. The van der Waals surface area contributed by atoms with Crippen molar-refractivity contribution in [2.24, 2.45) is 0 Å². The first-order valence-electron chi connectivity index (χ1n) is 4.33. The minimum atomic E-state index is -4.01. The molecule has 0 aliphatic rings. The number of nitrogens with zero attached hydrogens (tertiary/aromatic N) is 1. The Morgan fingerprint density at radius 1 is 1.69 bits per heavy atom. The minimum absolute atomic E-state index is 0.0638. The average Bonchev–Trinajstić information content (AvgIpc) is 2.22. The number of alkyl halides is 2. The monoisotopic (exact) mass is 251 g/mol. The van der Waals surface area contributed by atoms with Crippen molar-refractivity contribution in [3.8, 4) is 0 Å². The van der Waals surface area contributed by atoms with Crippen LogP contribution in [0.5, 0.6) is 0 Å². The van der Waals surface area contributed by atoms with Crippen molar-refractivity contribution in [3.63, 3.8) is 0 Å². The molecule has 1 heterocycles. The number of rotatable bonds is 3. The van der Waals surface area contributed by atoms with Gasteiger partial charge in [0.05, 0.1) is 11.6 Å². The Morgan fingerprint density at radius 3 is 2.88 bits per heavy atom. The first-order chi connectivity index (χ1) is 7.39. The van der Waals surface area contributed by atoms with Crippen molar-refractivity contribution in [2.45, 2.75) is 12.8 Å². The highest BCUT2D eigenvalue weighted by Crippen LogP contribution is 2.28. The van der Waals surface area contributed by atoms with Gasteiger partial charge in [0.2, 0.25) is 0 Å². The van der Waals surface area contributed by atoms with E-state index in [1.807, 2.05) is 0 Å². The summed E-state index contributed by atoms with van der Waals surface area (Å²) in [5.74, 6) is -5.79. The van der Waals surface area contributed by atoms with Crippen LogP contribution in [0.2, 0.25) is 5.02 Å². The SMILES string of the molecule is CCOC(=O)C(F)(F)c1cc(Cl)cc[n+]1[O-]. The second kappa shape index (κ2) is 4.61. The van der Waals surface area contributed by atoms with E-state index in [1.54, 1.807) is 0 Å². The van der Waals surface area contributed by atoms with Gasteiger partial charge in [-0.15, -0.1) is 0 Å². The summed E-state index contributed by atoms with van der Waals surface area (Å²) >= 11 is 5.47. The molecule has 0 saturated carbocycles. The minimum Gasteiger partial charge on any atom is -0.618 e. The van der Waals surface area contributed by atoms with Crippen LogP contribution < -0.4 is 4.73 Å². The lowest BCUT2D eigenvalue weighted by atomic mass is 10.2. The summed E-state index contributed by atoms with van der Waals surface area (Å²) in [7, 11) is 0. The van der Waals surface area contributed by atoms with Crippen LogP contribution in [-0.2, 0) is 15.5 Å². The van der Waals surface area contributed by atoms with E-state index < -0.39 is 17.6 Å². The van der Waals surface area contributed by atoms with Crippen molar-refractivity contribution < 1.29 is 23.0 Å². The molecular formula is C9H8ClF2NO3. The van der Waals surface area contributed by atoms with Gasteiger partial charge >= 0.3 is 11.9 Å². The molecule has 0 unspecified atom stereocenters. The van der Waals surface area contributed by atoms with Crippen molar-refractivity contribution in [1.29, 1.82) is 0 Å². The number of halogens is 3. The van der Waals surface area contributed by atoms with Crippen LogP contribution in [0.3, 0.4) is 0 Å². The molecule has 0 spiro atoms. The fourth-order valence-corrected chi connectivity index (χ4v) is 1.18. The number of aromatic nitrogens is 1. The quantitative estimate of drug-likeness (QED) is 0.466. The van der Waals surface area contributed by atoms with Gasteiger partial charge in [0.15, 0.2) is 6.20 Å². The molecule has 0 radical (unpaired) electrons. The maximum absolute atomic E-state index is 13.4. The third-order valence-corrected chi connectivity index (χ3v) is 1.97. The molecule has 1 aromatic rings. The predicted octanol–water partition coefficient (Wildman–Crippen LogP) is 1.63. The van der Waals surface area contributed by atoms with Gasteiger partial charge in [0.25, 0.3) is 5.69 Å². The number of pyridine rings is 1. The normalized spacial score (nSPS) is 11.2. The Morgan fingerprint density at radius 2 is 2.31 bits per heavy atom. The largest absolute Gasteiger partial charge is 0.618 e. The zero-order chi connectivity index (χ0) is 12.3. The molecule has 0 amide bonds. The molecular weight excluding hydrogens is 244 g/mol. The second-order valence-corrected chi connectivity index (χ2v) is 3.29. The fraction of sp³-hybridized carbons (Fsp3) is 0.333. The molecule has 0 atom stereocenters. The molecule has 88 valence electrons. The number of carbonyl (C=O) groups excluding carboxylic acids is 1. The van der Waals surface area contributed by atoms with Gasteiger partial charge in [-0.05, 0) is 6.92 Å². The van der Waals surface area contributed by atoms with Crippen molar-refractivity contribution in [1.82, 2.24) is 0 Å². The number of hydrogen-bond donors (Lipinski definition) is 0. The van der Waals surface area contributed by atoms with Crippen LogP contribution >= 0.6 is 11.6 Å². The van der Waals surface area contributed by atoms with Gasteiger partial charge in [-0.1, -0.05) is 11.6 Å². The van der Waals surface area contributed by atoms with E-state index in [2.05, 4.69) is 4.74 Å². The van der Waals surface area contributed by atoms with Crippen molar-refractivity contribution in [3.05, 3.63) is 34.3 Å². The Labute approximate surface area is 95.0 Å². The smallest absolute Gasteiger partial charge is 0.425 e. The lowest BCUT2D eigenvalue weighted by Gasteiger charge is -2.13. The standard InChI is InChI=1S/C9H8ClF2NO3/c1-2-16-8(14)9(11,12)7-5-6(10)3-4-13(7)15/h3-5H,2H2,1H3. The van der Waals surface area contributed by atoms with Crippen LogP contribution in [-0.4, -0.2) is 12.6 Å². The van der Waals surface area contributed by atoms with Gasteiger partial charge in [-0.2, -0.15) is 13.5 Å². The molecule has 0 bridgehead atoms. The Balaban J connectivity index is 3.15. The molecule has 16 heavy (non-hydrogen) atoms. The highest BCUT2D eigenvalue weighted by Gasteiger charge is 2.49. The van der Waals surface area contributed by atoms with Gasteiger partial charge in [-0.25, -0.2) is 4.79 Å². The van der Waals surface area contributed by atoms with Gasteiger partial charge in [0.1, 0.15) is 0 Å². The van der Waals surface area contributed by atoms with Crippen LogP contribution in [0, 0.1) is 5.21 Å². The summed E-state index contributed by atoms with van der Waals surface area (Å²) in [6.07, 6.45) is 0.796. The lowest BCUT2D eigenvalue weighted by molar-refractivity contribution is -0.623. The molecule has 1 aromatic heterocycles. The van der Waals surface area contributed by atoms with E-state index in [0.717, 1.165) is 18.3 Å². The van der Waals surface area contributed by atoms with Crippen LogP contribution in [0.1, 0.15) is 12.6 Å². The first-order valence-corrected chi connectivity index (χ1v) is 4.71. The van der Waals surface area contributed by atoms with E-state index in [9.17, 15) is 18.8 Å². The topological polar surface area (TPSA) is 53.2 Å². The van der Waals surface area contributed by atoms with Crippen LogP contribution in [0.4, 0.5) is 8.78 Å². The Kier molecular flexibility index (Phi) is 3.64. The Bertz CT molecular complexity index is 412. The molecule has 0 aromatic carbocycles. The highest BCUT2D eigenvalue weighted by molar-refractivity contribution is 6.30. The van der Waals surface area contributed by atoms with E-state index in [-0.39, 0.29) is 16.4 Å². The molecule has 7 heteroatoms. The summed E-state index contributed by atoms with van der Waals surface area (Å²) in [4.78, 5) is 11.0. The molecule has 0 aliphatic heterocycles. The van der Waals surface area contributed by atoms with Gasteiger partial charge in [-0.3, -0.25) is 0 Å². The van der Waals surface area contributed by atoms with E-state index in [1.165, 1.54) is 6.92 Å². The molecule has 4 nitrogen and oxygen atoms in total. The lowest BCUT2D eigenvalue weighted by Crippen LogP contribution is -2.42. The summed E-state index contributed by atoms with van der Waals surface area (Å²) < 4.78 is 30.9. The molecule has 0 fully saturated rings. The van der Waals surface area contributed by atoms with E-state index in [0.29, 0.717) is 0 Å². The average molecular weight is 252 g/mol. The van der Waals surface area contributed by atoms with Gasteiger partial charge in [0, 0.05) is 12.1 Å². The maximum atomic E-state index is 13.4. The number of carbonyl (C=O) groups is 1. The number of hydrogen-bond acceptors (Lipinski definition) is 3. The van der Waals surface area contributed by atoms with E-state index in [4.69, 9.17) is 11.6 Å². The zero-order valence-corrected chi connectivity index (χ0v) is 9.00. The second-order valence-electron chi connectivity index (χ2n) is 2.85. The highest BCUT2D eigenvalue weighted by atomic mass is 35.5. The van der Waals surface area contributed by atoms with Crippen LogP contribution in [0.15, 0.2) is 18.3 Å². The molecule has 1 rings (SSSR count). The summed E-state index contributed by atoms with van der Waals surface area (Å²) in [6, 6.07) is 1.87. The maximum Gasteiger partial charge on any atom is 0.425 e. The van der Waals surface area contributed by atoms with Crippen molar-refractivity contribution in [2.75, 3.05) is 6.61 Å². The van der Waals surface area contributed by atoms with Crippen molar-refractivity contribution >= 4 is 17.6 Å². The summed E-state index contributed by atoms with van der Waals surface area (Å²) in [6.45, 7) is 1.19. The fourth-order valence-electron chi connectivity index (χ4n) is 1.02. The van der Waals surface area contributed by atoms with E-state index >= 15 is 0 Å². The third-order valence-electron chi connectivity index (χ3n) is 1.73.